The minimum absolute atomic E-state index is 0.00435. The lowest BCUT2D eigenvalue weighted by molar-refractivity contribution is -0.125. The van der Waals surface area contributed by atoms with E-state index in [1.807, 2.05) is 0 Å². The van der Waals surface area contributed by atoms with E-state index in [2.05, 4.69) is 11.6 Å². The smallest absolute Gasteiger partial charge is 0.254 e. The summed E-state index contributed by atoms with van der Waals surface area (Å²) in [5.74, 6) is -0.0755. The summed E-state index contributed by atoms with van der Waals surface area (Å²) >= 11 is 0. The molecule has 1 aliphatic rings. The van der Waals surface area contributed by atoms with Crippen molar-refractivity contribution >= 4 is 11.8 Å². The van der Waals surface area contributed by atoms with Gasteiger partial charge in [-0.25, -0.2) is 0 Å². The van der Waals surface area contributed by atoms with E-state index in [4.69, 9.17) is 0 Å². The zero-order valence-electron chi connectivity index (χ0n) is 10.8. The van der Waals surface area contributed by atoms with Crippen molar-refractivity contribution in [3.8, 4) is 0 Å². The van der Waals surface area contributed by atoms with Crippen molar-refractivity contribution in [2.75, 3.05) is 26.2 Å². The first-order chi connectivity index (χ1) is 9.22. The fourth-order valence-electron chi connectivity index (χ4n) is 2.15. The SMILES string of the molecule is C=CC(=O)N1CCCN(C(=O)c2ccncc2)CC1. The van der Waals surface area contributed by atoms with Gasteiger partial charge in [-0.3, -0.25) is 14.6 Å². The second-order valence-electron chi connectivity index (χ2n) is 4.41. The van der Waals surface area contributed by atoms with Crippen LogP contribution in [0.3, 0.4) is 0 Å². The number of amides is 2. The fourth-order valence-corrected chi connectivity index (χ4v) is 2.15. The molecule has 0 saturated carbocycles. The molecule has 0 unspecified atom stereocenters. The average molecular weight is 259 g/mol. The molecule has 1 aromatic rings. The third kappa shape index (κ3) is 3.19. The fraction of sp³-hybridized carbons (Fsp3) is 0.357. The molecule has 1 fully saturated rings. The minimum atomic E-state index is -0.0711. The first kappa shape index (κ1) is 13.3. The Kier molecular flexibility index (Phi) is 4.28. The molecule has 1 aromatic heterocycles. The van der Waals surface area contributed by atoms with E-state index >= 15 is 0 Å². The molecule has 2 heterocycles. The molecule has 1 aliphatic heterocycles. The molecule has 1 saturated heterocycles. The van der Waals surface area contributed by atoms with Gasteiger partial charge in [0.05, 0.1) is 0 Å². The number of carbonyl (C=O) groups excluding carboxylic acids is 2. The van der Waals surface area contributed by atoms with Crippen LogP contribution in [0.2, 0.25) is 0 Å². The van der Waals surface area contributed by atoms with Crippen LogP contribution in [-0.4, -0.2) is 52.8 Å². The molecule has 19 heavy (non-hydrogen) atoms. The van der Waals surface area contributed by atoms with Crippen LogP contribution in [-0.2, 0) is 4.79 Å². The van der Waals surface area contributed by atoms with Crippen LogP contribution in [0.4, 0.5) is 0 Å². The monoisotopic (exact) mass is 259 g/mol. The van der Waals surface area contributed by atoms with Crippen LogP contribution >= 0.6 is 0 Å². The summed E-state index contributed by atoms with van der Waals surface area (Å²) in [5, 5.41) is 0. The summed E-state index contributed by atoms with van der Waals surface area (Å²) in [6.07, 6.45) is 5.33. The topological polar surface area (TPSA) is 53.5 Å². The molecule has 0 spiro atoms. The van der Waals surface area contributed by atoms with Gasteiger partial charge < -0.3 is 9.80 Å². The van der Waals surface area contributed by atoms with Crippen LogP contribution in [0.15, 0.2) is 37.2 Å². The molecule has 5 nitrogen and oxygen atoms in total. The Bertz CT molecular complexity index is 473. The van der Waals surface area contributed by atoms with E-state index in [1.54, 1.807) is 34.3 Å². The highest BCUT2D eigenvalue weighted by Gasteiger charge is 2.21. The molecule has 2 rings (SSSR count). The lowest BCUT2D eigenvalue weighted by Crippen LogP contribution is -2.36. The van der Waals surface area contributed by atoms with Crippen molar-refractivity contribution in [1.29, 1.82) is 0 Å². The summed E-state index contributed by atoms with van der Waals surface area (Å²) in [6, 6.07) is 3.42. The van der Waals surface area contributed by atoms with E-state index in [0.717, 1.165) is 6.42 Å². The molecule has 0 aliphatic carbocycles. The van der Waals surface area contributed by atoms with Gasteiger partial charge in [-0.05, 0) is 24.6 Å². The van der Waals surface area contributed by atoms with Crippen molar-refractivity contribution in [2.24, 2.45) is 0 Å². The van der Waals surface area contributed by atoms with Crippen LogP contribution in [0, 0.1) is 0 Å². The van der Waals surface area contributed by atoms with Crippen LogP contribution in [0.25, 0.3) is 0 Å². The lowest BCUT2D eigenvalue weighted by atomic mass is 10.2. The third-order valence-electron chi connectivity index (χ3n) is 3.20. The van der Waals surface area contributed by atoms with Crippen molar-refractivity contribution < 1.29 is 9.59 Å². The Balaban J connectivity index is 2.01. The van der Waals surface area contributed by atoms with Crippen LogP contribution < -0.4 is 0 Å². The quantitative estimate of drug-likeness (QED) is 0.743. The highest BCUT2D eigenvalue weighted by Crippen LogP contribution is 2.09. The van der Waals surface area contributed by atoms with Crippen molar-refractivity contribution in [3.05, 3.63) is 42.7 Å². The molecule has 0 radical (unpaired) electrons. The largest absolute Gasteiger partial charge is 0.337 e. The van der Waals surface area contributed by atoms with E-state index in [-0.39, 0.29) is 11.8 Å². The second-order valence-corrected chi connectivity index (χ2v) is 4.41. The predicted octanol–water partition coefficient (Wildman–Crippen LogP) is 0.942. The van der Waals surface area contributed by atoms with Gasteiger partial charge >= 0.3 is 0 Å². The molecule has 0 bridgehead atoms. The van der Waals surface area contributed by atoms with Gasteiger partial charge in [0.2, 0.25) is 5.91 Å². The van der Waals surface area contributed by atoms with Gasteiger partial charge in [0.25, 0.3) is 5.91 Å². The van der Waals surface area contributed by atoms with Gasteiger partial charge in [0, 0.05) is 44.1 Å². The normalized spacial score (nSPS) is 15.8. The van der Waals surface area contributed by atoms with Gasteiger partial charge in [0.1, 0.15) is 0 Å². The lowest BCUT2D eigenvalue weighted by Gasteiger charge is -2.21. The summed E-state index contributed by atoms with van der Waals surface area (Å²) in [5.41, 5.74) is 0.637. The Morgan fingerprint density at radius 1 is 1.11 bits per heavy atom. The maximum atomic E-state index is 12.3. The van der Waals surface area contributed by atoms with Gasteiger partial charge in [-0.2, -0.15) is 0 Å². The number of hydrogen-bond acceptors (Lipinski definition) is 3. The number of nitrogens with zero attached hydrogens (tertiary/aromatic N) is 3. The standard InChI is InChI=1S/C14H17N3O2/c1-2-13(18)16-8-3-9-17(11-10-16)14(19)12-4-6-15-7-5-12/h2,4-7H,1,3,8-11H2. The van der Waals surface area contributed by atoms with Gasteiger partial charge in [-0.15, -0.1) is 0 Å². The van der Waals surface area contributed by atoms with Gasteiger partial charge in [-0.1, -0.05) is 6.58 Å². The molecule has 0 aromatic carbocycles. The summed E-state index contributed by atoms with van der Waals surface area (Å²) in [4.78, 5) is 31.3. The van der Waals surface area contributed by atoms with Crippen LogP contribution in [0.5, 0.6) is 0 Å². The minimum Gasteiger partial charge on any atom is -0.337 e. The Labute approximate surface area is 112 Å². The first-order valence-corrected chi connectivity index (χ1v) is 6.33. The Hall–Kier alpha value is -2.17. The summed E-state index contributed by atoms with van der Waals surface area (Å²) in [6.45, 7) is 5.94. The van der Waals surface area contributed by atoms with E-state index in [0.29, 0.717) is 31.7 Å². The number of aromatic nitrogens is 1. The number of carbonyl (C=O) groups is 2. The molecular weight excluding hydrogens is 242 g/mol. The zero-order valence-corrected chi connectivity index (χ0v) is 10.8. The predicted molar refractivity (Wildman–Crippen MR) is 71.5 cm³/mol. The van der Waals surface area contributed by atoms with Crippen molar-refractivity contribution in [1.82, 2.24) is 14.8 Å². The molecule has 5 heteroatoms. The zero-order chi connectivity index (χ0) is 13.7. The number of rotatable bonds is 2. The second kappa shape index (κ2) is 6.13. The van der Waals surface area contributed by atoms with Crippen molar-refractivity contribution in [2.45, 2.75) is 6.42 Å². The average Bonchev–Trinajstić information content (AvgIpc) is 2.72. The van der Waals surface area contributed by atoms with E-state index in [1.165, 1.54) is 6.08 Å². The highest BCUT2D eigenvalue weighted by atomic mass is 16.2. The Morgan fingerprint density at radius 3 is 2.42 bits per heavy atom. The molecule has 2 amide bonds. The van der Waals surface area contributed by atoms with Gasteiger partial charge in [0.15, 0.2) is 0 Å². The first-order valence-electron chi connectivity index (χ1n) is 6.33. The van der Waals surface area contributed by atoms with E-state index < -0.39 is 0 Å². The van der Waals surface area contributed by atoms with Crippen LogP contribution in [0.1, 0.15) is 16.8 Å². The van der Waals surface area contributed by atoms with Crippen molar-refractivity contribution in [3.63, 3.8) is 0 Å². The number of hydrogen-bond donors (Lipinski definition) is 0. The molecule has 0 atom stereocenters. The number of pyridine rings is 1. The Morgan fingerprint density at radius 2 is 1.74 bits per heavy atom. The van der Waals surface area contributed by atoms with E-state index in [9.17, 15) is 9.59 Å². The molecule has 0 N–H and O–H groups in total. The summed E-state index contributed by atoms with van der Waals surface area (Å²) < 4.78 is 0. The maximum absolute atomic E-state index is 12.3. The summed E-state index contributed by atoms with van der Waals surface area (Å²) in [7, 11) is 0. The molecule has 100 valence electrons. The highest BCUT2D eigenvalue weighted by molar-refractivity contribution is 5.94. The third-order valence-corrected chi connectivity index (χ3v) is 3.20. The maximum Gasteiger partial charge on any atom is 0.254 e. The molecular formula is C14H17N3O2.